The topological polar surface area (TPSA) is 0 Å². The minimum atomic E-state index is -0.431. The molecule has 0 atom stereocenters. The Labute approximate surface area is 343 Å². The van der Waals surface area contributed by atoms with Gasteiger partial charge in [0.05, 0.1) is 0 Å². The van der Waals surface area contributed by atoms with Gasteiger partial charge in [-0.15, -0.1) is 0 Å². The molecule has 0 fully saturated rings. The summed E-state index contributed by atoms with van der Waals surface area (Å²) < 4.78 is 0. The van der Waals surface area contributed by atoms with Gasteiger partial charge in [-0.25, -0.2) is 0 Å². The Morgan fingerprint density at radius 3 is 1.22 bits per heavy atom. The second-order valence-electron chi connectivity index (χ2n) is 21.0. The summed E-state index contributed by atoms with van der Waals surface area (Å²) in [7, 11) is -0.714. The van der Waals surface area contributed by atoms with Crippen molar-refractivity contribution in [3.05, 3.63) is 106 Å². The highest BCUT2D eigenvalue weighted by atomic mass is 31.1. The molecule has 0 spiro atoms. The van der Waals surface area contributed by atoms with Crippen molar-refractivity contribution in [1.82, 2.24) is 0 Å². The van der Waals surface area contributed by atoms with Gasteiger partial charge in [0.25, 0.3) is 0 Å². The van der Waals surface area contributed by atoms with E-state index >= 15 is 0 Å². The fourth-order valence-corrected chi connectivity index (χ4v) is 17.6. The third kappa shape index (κ3) is 10.8. The summed E-state index contributed by atoms with van der Waals surface area (Å²) in [6.07, 6.45) is 0. The van der Waals surface area contributed by atoms with Crippen LogP contribution in [0.2, 0.25) is 0 Å². The molecule has 4 aromatic carbocycles. The Hall–Kier alpha value is -2.26. The van der Waals surface area contributed by atoms with Crippen molar-refractivity contribution >= 4 is 26.5 Å². The van der Waals surface area contributed by atoms with E-state index in [1.807, 2.05) is 0 Å². The first-order valence-corrected chi connectivity index (χ1v) is 23.7. The van der Waals surface area contributed by atoms with E-state index in [9.17, 15) is 0 Å². The van der Waals surface area contributed by atoms with Crippen molar-refractivity contribution in [3.8, 4) is 22.3 Å². The summed E-state index contributed by atoms with van der Waals surface area (Å²) in [6, 6.07) is 24.8. The van der Waals surface area contributed by atoms with E-state index in [-0.39, 0.29) is 18.2 Å². The molecule has 0 aliphatic rings. The zero-order chi connectivity index (χ0) is 42.2. The summed E-state index contributed by atoms with van der Waals surface area (Å²) in [5.41, 5.74) is 16.3. The maximum atomic E-state index is 2.53. The van der Waals surface area contributed by atoms with Crippen LogP contribution in [-0.2, 0) is 0 Å². The van der Waals surface area contributed by atoms with E-state index in [2.05, 4.69) is 219 Å². The van der Waals surface area contributed by atoms with Crippen LogP contribution in [0.1, 0.15) is 181 Å². The van der Waals surface area contributed by atoms with Gasteiger partial charge in [-0.2, -0.15) is 0 Å². The second-order valence-corrected chi connectivity index (χ2v) is 28.6. The number of hydrogen-bond acceptors (Lipinski definition) is 0. The normalized spacial score (nSPS) is 13.0. The zero-order valence-corrected chi connectivity index (χ0v) is 41.3. The van der Waals surface area contributed by atoms with Crippen LogP contribution in [0.25, 0.3) is 22.3 Å². The number of rotatable bonds is 7. The minimum Gasteiger partial charge on any atom is -0.0636 e. The van der Waals surface area contributed by atoms with Crippen LogP contribution in [-0.4, -0.2) is 20.6 Å². The summed E-state index contributed by atoms with van der Waals surface area (Å²) in [6.45, 7) is 52.7. The molecule has 4 rings (SSSR count). The molecule has 0 radical (unpaired) electrons. The molecule has 0 aliphatic heterocycles. The Bertz CT molecular complexity index is 1840. The molecule has 0 unspecified atom stereocenters. The van der Waals surface area contributed by atoms with Crippen LogP contribution in [0.4, 0.5) is 0 Å². The molecular formula is C53H80P2. The van der Waals surface area contributed by atoms with Crippen LogP contribution in [0.15, 0.2) is 66.7 Å². The molecule has 302 valence electrons. The van der Waals surface area contributed by atoms with Crippen LogP contribution in [0.5, 0.6) is 0 Å². The lowest BCUT2D eigenvalue weighted by atomic mass is 9.79. The third-order valence-corrected chi connectivity index (χ3v) is 18.4. The number of hydrogen-bond donors (Lipinski definition) is 0. The maximum Gasteiger partial charge on any atom is -0.00660 e. The Kier molecular flexibility index (Phi) is 15.2. The van der Waals surface area contributed by atoms with Gasteiger partial charge in [-0.1, -0.05) is 207 Å². The third-order valence-electron chi connectivity index (χ3n) is 11.2. The summed E-state index contributed by atoms with van der Waals surface area (Å²) in [5, 5.41) is 4.19. The average molecular weight is 779 g/mol. The van der Waals surface area contributed by atoms with Crippen LogP contribution in [0.3, 0.4) is 0 Å². The molecule has 2 heteroatoms. The second kappa shape index (κ2) is 17.7. The smallest absolute Gasteiger partial charge is 0.00660 e. The van der Waals surface area contributed by atoms with E-state index in [0.717, 1.165) is 0 Å². The van der Waals surface area contributed by atoms with Gasteiger partial charge < -0.3 is 0 Å². The Morgan fingerprint density at radius 2 is 0.818 bits per heavy atom. The molecule has 0 nitrogen and oxygen atoms in total. The highest BCUT2D eigenvalue weighted by Crippen LogP contribution is 2.62. The lowest BCUT2D eigenvalue weighted by Gasteiger charge is -2.45. The first kappa shape index (κ1) is 47.1. The number of benzene rings is 4. The van der Waals surface area contributed by atoms with Crippen molar-refractivity contribution in [2.75, 3.05) is 0 Å². The minimum absolute atomic E-state index is 0.217. The van der Waals surface area contributed by atoms with Crippen molar-refractivity contribution in [2.24, 2.45) is 0 Å². The monoisotopic (exact) mass is 779 g/mol. The fraction of sp³-hybridized carbons (Fsp3) is 0.547. The van der Waals surface area contributed by atoms with E-state index in [1.54, 1.807) is 10.9 Å². The predicted octanol–water partition coefficient (Wildman–Crippen LogP) is 16.7. The van der Waals surface area contributed by atoms with E-state index in [4.69, 9.17) is 0 Å². The first-order chi connectivity index (χ1) is 25.0. The van der Waals surface area contributed by atoms with Gasteiger partial charge in [0.15, 0.2) is 0 Å². The van der Waals surface area contributed by atoms with Gasteiger partial charge in [0.1, 0.15) is 0 Å². The van der Waals surface area contributed by atoms with E-state index in [0.29, 0.717) is 28.1 Å². The van der Waals surface area contributed by atoms with E-state index in [1.165, 1.54) is 60.9 Å². The summed E-state index contributed by atoms with van der Waals surface area (Å²) in [4.78, 5) is 0. The first-order valence-electron chi connectivity index (χ1n) is 21.1. The van der Waals surface area contributed by atoms with Crippen LogP contribution in [0, 0.1) is 27.7 Å². The van der Waals surface area contributed by atoms with Gasteiger partial charge in [-0.05, 0) is 138 Å². The highest BCUT2D eigenvalue weighted by molar-refractivity contribution is 7.69. The maximum absolute atomic E-state index is 2.53. The van der Waals surface area contributed by atoms with Gasteiger partial charge in [0.2, 0.25) is 0 Å². The molecule has 0 N–H and O–H groups in total. The summed E-state index contributed by atoms with van der Waals surface area (Å²) >= 11 is 0. The SMILES string of the molecule is CC(C)(C)P(c1ccccc1-c1ccccc1)C(C)(C)C.Cc1c(C)c(C)c(P(C(C)(C)C)C(C)(C)C)c(-c2c(C(C)C)cc(C(C)C)cc2C(C)C)c1C. The van der Waals surface area contributed by atoms with Crippen molar-refractivity contribution in [1.29, 1.82) is 0 Å². The molecule has 4 aromatic rings. The van der Waals surface area contributed by atoms with Crippen molar-refractivity contribution in [3.63, 3.8) is 0 Å². The average Bonchev–Trinajstić information content (AvgIpc) is 3.04. The molecule has 0 saturated carbocycles. The van der Waals surface area contributed by atoms with Crippen LogP contribution >= 0.6 is 15.8 Å². The van der Waals surface area contributed by atoms with Crippen molar-refractivity contribution in [2.45, 2.75) is 191 Å². The van der Waals surface area contributed by atoms with Crippen molar-refractivity contribution < 1.29 is 0 Å². The lowest BCUT2D eigenvalue weighted by Crippen LogP contribution is -2.34. The highest BCUT2D eigenvalue weighted by Gasteiger charge is 2.40. The summed E-state index contributed by atoms with van der Waals surface area (Å²) in [5.74, 6) is 1.50. The zero-order valence-electron chi connectivity index (χ0n) is 39.5. The molecule has 0 aliphatic carbocycles. The van der Waals surface area contributed by atoms with Gasteiger partial charge >= 0.3 is 0 Å². The lowest BCUT2D eigenvalue weighted by molar-refractivity contribution is 0.714. The molecule has 0 heterocycles. The molecule has 0 saturated heterocycles. The molecular weight excluding hydrogens is 699 g/mol. The van der Waals surface area contributed by atoms with Gasteiger partial charge in [-0.3, -0.25) is 0 Å². The molecule has 0 bridgehead atoms. The quantitative estimate of drug-likeness (QED) is 0.164. The fourth-order valence-electron chi connectivity index (χ4n) is 9.06. The largest absolute Gasteiger partial charge is 0.0636 e. The standard InChI is InChI=1S/C33H53P.C20H27P/c1-19(2)26-17-27(20(3)4)30(28(18-26)21(5)6)29-24(9)22(7)23(8)25(10)31(29)34(32(11,12)13)33(14,15)16;1-19(2,3)21(20(4,5)6)18-15-11-10-14-17(18)16-12-8-7-9-13-16/h17-21H,1-16H3;7-15H,1-6H3. The van der Waals surface area contributed by atoms with E-state index < -0.39 is 7.92 Å². The van der Waals surface area contributed by atoms with Crippen LogP contribution < -0.4 is 10.6 Å². The Morgan fingerprint density at radius 1 is 0.418 bits per heavy atom. The van der Waals surface area contributed by atoms with Gasteiger partial charge in [0, 0.05) is 0 Å². The Balaban J connectivity index is 0.000000330. The molecule has 0 aromatic heterocycles. The molecule has 0 amide bonds. The molecule has 55 heavy (non-hydrogen) atoms. The predicted molar refractivity (Wildman–Crippen MR) is 257 cm³/mol.